The normalized spacial score (nSPS) is 11.2. The van der Waals surface area contributed by atoms with Gasteiger partial charge in [-0.25, -0.2) is 0 Å². The van der Waals surface area contributed by atoms with Crippen molar-refractivity contribution in [3.63, 3.8) is 0 Å². The van der Waals surface area contributed by atoms with Crippen LogP contribution in [0.1, 0.15) is 16.7 Å². The van der Waals surface area contributed by atoms with E-state index in [1.807, 2.05) is 0 Å². The number of phenolic OH excluding ortho intramolecular Hbond substituents is 1. The van der Waals surface area contributed by atoms with E-state index in [2.05, 4.69) is 5.32 Å². The van der Waals surface area contributed by atoms with Crippen LogP contribution in [0, 0.1) is 0 Å². The topological polar surface area (TPSA) is 49.3 Å². The molecule has 0 atom stereocenters. The number of benzene rings is 2. The summed E-state index contributed by atoms with van der Waals surface area (Å²) in [6, 6.07) is 10.9. The largest absolute Gasteiger partial charge is 0.508 e. The number of hydrogen-bond donors (Lipinski definition) is 2. The van der Waals surface area contributed by atoms with Gasteiger partial charge in [0.25, 0.3) is 0 Å². The summed E-state index contributed by atoms with van der Waals surface area (Å²) in [4.78, 5) is 11.7. The predicted molar refractivity (Wildman–Crippen MR) is 75.1 cm³/mol. The van der Waals surface area contributed by atoms with Gasteiger partial charge in [-0.1, -0.05) is 24.3 Å². The number of alkyl halides is 3. The van der Waals surface area contributed by atoms with E-state index in [0.29, 0.717) is 5.56 Å². The molecule has 0 heterocycles. The third-order valence-electron chi connectivity index (χ3n) is 3.07. The SMILES string of the molecule is O=C(Cc1ccc(O)cc1)NCc1ccc(C(F)(F)F)cc1. The van der Waals surface area contributed by atoms with Gasteiger partial charge >= 0.3 is 6.18 Å². The van der Waals surface area contributed by atoms with Crippen LogP contribution in [-0.4, -0.2) is 11.0 Å². The lowest BCUT2D eigenvalue weighted by Gasteiger charge is -2.09. The van der Waals surface area contributed by atoms with Gasteiger partial charge in [0.2, 0.25) is 5.91 Å². The van der Waals surface area contributed by atoms with Gasteiger partial charge in [-0.3, -0.25) is 4.79 Å². The van der Waals surface area contributed by atoms with Gasteiger partial charge in [0.15, 0.2) is 0 Å². The van der Waals surface area contributed by atoms with Crippen molar-refractivity contribution >= 4 is 5.91 Å². The molecule has 1 amide bonds. The predicted octanol–water partition coefficient (Wildman–Crippen LogP) is 3.27. The van der Waals surface area contributed by atoms with Gasteiger partial charge in [-0.2, -0.15) is 13.2 Å². The van der Waals surface area contributed by atoms with Crippen molar-refractivity contribution in [2.45, 2.75) is 19.1 Å². The molecule has 0 aliphatic rings. The number of hydrogen-bond acceptors (Lipinski definition) is 2. The number of phenols is 1. The average Bonchev–Trinajstić information content (AvgIpc) is 2.47. The zero-order valence-corrected chi connectivity index (χ0v) is 11.5. The van der Waals surface area contributed by atoms with Crippen LogP contribution in [0.5, 0.6) is 5.75 Å². The highest BCUT2D eigenvalue weighted by Gasteiger charge is 2.29. The minimum absolute atomic E-state index is 0.119. The number of aromatic hydroxyl groups is 1. The molecule has 22 heavy (non-hydrogen) atoms. The van der Waals surface area contributed by atoms with Gasteiger partial charge in [0.1, 0.15) is 5.75 Å². The average molecular weight is 309 g/mol. The lowest BCUT2D eigenvalue weighted by molar-refractivity contribution is -0.137. The summed E-state index contributed by atoms with van der Waals surface area (Å²) >= 11 is 0. The molecular weight excluding hydrogens is 295 g/mol. The van der Waals surface area contributed by atoms with E-state index in [4.69, 9.17) is 5.11 Å². The first-order valence-corrected chi connectivity index (χ1v) is 6.55. The van der Waals surface area contributed by atoms with Gasteiger partial charge in [-0.15, -0.1) is 0 Å². The van der Waals surface area contributed by atoms with Crippen molar-refractivity contribution in [2.75, 3.05) is 0 Å². The molecule has 0 saturated heterocycles. The molecule has 2 aromatic carbocycles. The number of amides is 1. The molecule has 0 aliphatic carbocycles. The van der Waals surface area contributed by atoms with Gasteiger partial charge in [0, 0.05) is 6.54 Å². The second kappa shape index (κ2) is 6.51. The molecule has 0 unspecified atom stereocenters. The van der Waals surface area contributed by atoms with Crippen LogP contribution < -0.4 is 5.32 Å². The number of nitrogens with one attached hydrogen (secondary N) is 1. The van der Waals surface area contributed by atoms with E-state index in [0.717, 1.165) is 17.7 Å². The summed E-state index contributed by atoms with van der Waals surface area (Å²) in [6.07, 6.45) is -4.22. The Hall–Kier alpha value is -2.50. The molecule has 0 aliphatic heterocycles. The fourth-order valence-corrected chi connectivity index (χ4v) is 1.87. The highest BCUT2D eigenvalue weighted by molar-refractivity contribution is 5.78. The second-order valence-electron chi connectivity index (χ2n) is 4.81. The third-order valence-corrected chi connectivity index (χ3v) is 3.07. The molecule has 0 saturated carbocycles. The first kappa shape index (κ1) is 15.9. The van der Waals surface area contributed by atoms with E-state index in [-0.39, 0.29) is 24.6 Å². The number of halogens is 3. The monoisotopic (exact) mass is 309 g/mol. The number of rotatable bonds is 4. The smallest absolute Gasteiger partial charge is 0.416 e. The molecule has 116 valence electrons. The van der Waals surface area contributed by atoms with Gasteiger partial charge < -0.3 is 10.4 Å². The van der Waals surface area contributed by atoms with Crippen molar-refractivity contribution in [1.82, 2.24) is 5.32 Å². The molecule has 0 radical (unpaired) electrons. The standard InChI is InChI=1S/C16H14F3NO2/c17-16(18,19)13-5-1-12(2-6-13)10-20-15(22)9-11-3-7-14(21)8-4-11/h1-8,21H,9-10H2,(H,20,22). The number of carbonyl (C=O) groups is 1. The van der Waals surface area contributed by atoms with Gasteiger partial charge in [0.05, 0.1) is 12.0 Å². The molecular formula is C16H14F3NO2. The Morgan fingerprint density at radius 1 is 0.955 bits per heavy atom. The molecule has 2 N–H and O–H groups in total. The third kappa shape index (κ3) is 4.51. The van der Waals surface area contributed by atoms with Crippen molar-refractivity contribution in [3.8, 4) is 5.75 Å². The molecule has 0 fully saturated rings. The summed E-state index contributed by atoms with van der Waals surface area (Å²) in [5, 5.41) is 11.8. The second-order valence-corrected chi connectivity index (χ2v) is 4.81. The van der Waals surface area contributed by atoms with Crippen LogP contribution in [0.2, 0.25) is 0 Å². The Morgan fingerprint density at radius 3 is 2.05 bits per heavy atom. The maximum Gasteiger partial charge on any atom is 0.416 e. The minimum Gasteiger partial charge on any atom is -0.508 e. The lowest BCUT2D eigenvalue weighted by atomic mass is 10.1. The molecule has 3 nitrogen and oxygen atoms in total. The van der Waals surface area contributed by atoms with E-state index in [1.54, 1.807) is 12.1 Å². The van der Waals surface area contributed by atoms with E-state index in [9.17, 15) is 18.0 Å². The minimum atomic E-state index is -4.36. The maximum atomic E-state index is 12.4. The van der Waals surface area contributed by atoms with Crippen LogP contribution in [0.15, 0.2) is 48.5 Å². The van der Waals surface area contributed by atoms with Crippen LogP contribution in [0.4, 0.5) is 13.2 Å². The van der Waals surface area contributed by atoms with E-state index in [1.165, 1.54) is 24.3 Å². The molecule has 2 rings (SSSR count). The highest BCUT2D eigenvalue weighted by atomic mass is 19.4. The van der Waals surface area contributed by atoms with E-state index >= 15 is 0 Å². The fraction of sp³-hybridized carbons (Fsp3) is 0.188. The fourth-order valence-electron chi connectivity index (χ4n) is 1.87. The summed E-state index contributed by atoms with van der Waals surface area (Å²) in [5.41, 5.74) is 0.612. The zero-order chi connectivity index (χ0) is 16.2. The number of carbonyl (C=O) groups excluding carboxylic acids is 1. The maximum absolute atomic E-state index is 12.4. The Bertz CT molecular complexity index is 634. The van der Waals surface area contributed by atoms with E-state index < -0.39 is 11.7 Å². The Balaban J connectivity index is 1.87. The summed E-state index contributed by atoms with van der Waals surface area (Å²) in [6.45, 7) is 0.162. The first-order valence-electron chi connectivity index (χ1n) is 6.55. The van der Waals surface area contributed by atoms with Crippen LogP contribution >= 0.6 is 0 Å². The van der Waals surface area contributed by atoms with Gasteiger partial charge in [-0.05, 0) is 35.4 Å². The van der Waals surface area contributed by atoms with Crippen molar-refractivity contribution in [3.05, 3.63) is 65.2 Å². The summed E-state index contributed by atoms with van der Waals surface area (Å²) in [7, 11) is 0. The molecule has 0 bridgehead atoms. The van der Waals surface area contributed by atoms with Crippen LogP contribution in [0.25, 0.3) is 0 Å². The zero-order valence-electron chi connectivity index (χ0n) is 11.5. The van der Waals surface area contributed by atoms with Crippen molar-refractivity contribution in [1.29, 1.82) is 0 Å². The quantitative estimate of drug-likeness (QED) is 0.910. The Labute approximate surface area is 125 Å². The summed E-state index contributed by atoms with van der Waals surface area (Å²) < 4.78 is 37.3. The van der Waals surface area contributed by atoms with Crippen molar-refractivity contribution < 1.29 is 23.1 Å². The Morgan fingerprint density at radius 2 is 1.50 bits per heavy atom. The highest BCUT2D eigenvalue weighted by Crippen LogP contribution is 2.29. The molecule has 2 aromatic rings. The first-order chi connectivity index (χ1) is 10.3. The molecule has 0 aromatic heterocycles. The lowest BCUT2D eigenvalue weighted by Crippen LogP contribution is -2.24. The summed E-state index contributed by atoms with van der Waals surface area (Å²) in [5.74, 6) is -0.125. The Kier molecular flexibility index (Phi) is 4.70. The van der Waals surface area contributed by atoms with Crippen LogP contribution in [-0.2, 0) is 23.9 Å². The molecule has 0 spiro atoms. The van der Waals surface area contributed by atoms with Crippen molar-refractivity contribution in [2.24, 2.45) is 0 Å². The van der Waals surface area contributed by atoms with Crippen LogP contribution in [0.3, 0.4) is 0 Å². The molecule has 6 heteroatoms.